The van der Waals surface area contributed by atoms with Gasteiger partial charge in [-0.2, -0.15) is 0 Å². The lowest BCUT2D eigenvalue weighted by molar-refractivity contribution is -0.230. The van der Waals surface area contributed by atoms with Crippen molar-refractivity contribution in [3.8, 4) is 0 Å². The molecule has 39 heavy (non-hydrogen) atoms. The Labute approximate surface area is 226 Å². The van der Waals surface area contributed by atoms with Gasteiger partial charge in [0.15, 0.2) is 0 Å². The highest BCUT2D eigenvalue weighted by Gasteiger charge is 2.54. The van der Waals surface area contributed by atoms with Crippen LogP contribution >= 0.6 is 0 Å². The second kappa shape index (κ2) is 13.1. The summed E-state index contributed by atoms with van der Waals surface area (Å²) in [5.41, 5.74) is -5.83. The fourth-order valence-corrected chi connectivity index (χ4v) is 5.28. The van der Waals surface area contributed by atoms with Crippen LogP contribution in [0.4, 0.5) is 17.6 Å². The molecular weight excluding hydrogens is 520 g/mol. The highest BCUT2D eigenvalue weighted by Crippen LogP contribution is 2.37. The van der Waals surface area contributed by atoms with E-state index in [1.165, 1.54) is 0 Å². The molecule has 0 aliphatic carbocycles. The third kappa shape index (κ3) is 7.17. The molecule has 0 saturated carbocycles. The summed E-state index contributed by atoms with van der Waals surface area (Å²) in [6.45, 7) is 6.94. The number of aliphatic hydroxyl groups is 6. The first-order chi connectivity index (χ1) is 18.0. The SMILES string of the molecule is CCCC(O)(Cc1cc(F)c(C(C)C)c(F)c1)[C@@H](O)[C@@](O)(Cc1cc(F)c(C(C)C)c(F)c1)[C@H](O)[C@@H](O)CO. The van der Waals surface area contributed by atoms with Crippen LogP contribution < -0.4 is 0 Å². The Morgan fingerprint density at radius 2 is 1.10 bits per heavy atom. The Morgan fingerprint density at radius 1 is 0.718 bits per heavy atom. The molecule has 0 aromatic heterocycles. The van der Waals surface area contributed by atoms with Crippen LogP contribution in [-0.2, 0) is 12.8 Å². The van der Waals surface area contributed by atoms with Gasteiger partial charge < -0.3 is 30.6 Å². The highest BCUT2D eigenvalue weighted by molar-refractivity contribution is 5.32. The second-order valence-corrected chi connectivity index (χ2v) is 11.1. The van der Waals surface area contributed by atoms with E-state index in [-0.39, 0.29) is 35.1 Å². The lowest BCUT2D eigenvalue weighted by Gasteiger charge is -2.46. The molecule has 0 bridgehead atoms. The minimum absolute atomic E-state index is 0.0534. The molecule has 0 saturated heterocycles. The van der Waals surface area contributed by atoms with Gasteiger partial charge >= 0.3 is 0 Å². The maximum Gasteiger partial charge on any atom is 0.129 e. The zero-order valence-electron chi connectivity index (χ0n) is 22.9. The summed E-state index contributed by atoms with van der Waals surface area (Å²) in [5.74, 6) is -4.58. The lowest BCUT2D eigenvalue weighted by Crippen LogP contribution is -2.66. The summed E-state index contributed by atoms with van der Waals surface area (Å²) in [6, 6.07) is 3.81. The number of aliphatic hydroxyl groups excluding tert-OH is 4. The molecule has 0 radical (unpaired) electrons. The summed E-state index contributed by atoms with van der Waals surface area (Å²) in [6.07, 6.45) is -8.07. The van der Waals surface area contributed by atoms with Crippen molar-refractivity contribution in [1.82, 2.24) is 0 Å². The summed E-state index contributed by atoms with van der Waals surface area (Å²) >= 11 is 0. The predicted octanol–water partition coefficient (Wildman–Crippen LogP) is 3.61. The Balaban J connectivity index is 2.61. The van der Waals surface area contributed by atoms with Gasteiger partial charge in [0.25, 0.3) is 0 Å². The quantitative estimate of drug-likeness (QED) is 0.208. The van der Waals surface area contributed by atoms with E-state index in [9.17, 15) is 48.2 Å². The number of benzene rings is 2. The van der Waals surface area contributed by atoms with Gasteiger partial charge in [0.2, 0.25) is 0 Å². The van der Waals surface area contributed by atoms with E-state index in [0.717, 1.165) is 24.3 Å². The van der Waals surface area contributed by atoms with Gasteiger partial charge in [0, 0.05) is 24.0 Å². The van der Waals surface area contributed by atoms with E-state index in [2.05, 4.69) is 0 Å². The van der Waals surface area contributed by atoms with Crippen LogP contribution in [0.15, 0.2) is 24.3 Å². The van der Waals surface area contributed by atoms with Crippen molar-refractivity contribution >= 4 is 0 Å². The van der Waals surface area contributed by atoms with Crippen molar-refractivity contribution in [3.63, 3.8) is 0 Å². The largest absolute Gasteiger partial charge is 0.394 e. The fraction of sp³-hybridized carbons (Fsp3) is 0.586. The molecule has 6 N–H and O–H groups in total. The first-order valence-corrected chi connectivity index (χ1v) is 13.1. The van der Waals surface area contributed by atoms with E-state index in [4.69, 9.17) is 0 Å². The first-order valence-electron chi connectivity index (χ1n) is 13.1. The molecule has 10 heteroatoms. The molecule has 0 fully saturated rings. The van der Waals surface area contributed by atoms with Gasteiger partial charge in [-0.3, -0.25) is 0 Å². The predicted molar refractivity (Wildman–Crippen MR) is 138 cm³/mol. The lowest BCUT2D eigenvalue weighted by atomic mass is 9.71. The number of rotatable bonds is 13. The van der Waals surface area contributed by atoms with Gasteiger partial charge in [-0.05, 0) is 53.6 Å². The second-order valence-electron chi connectivity index (χ2n) is 11.1. The van der Waals surface area contributed by atoms with Crippen molar-refractivity contribution in [2.45, 2.75) is 102 Å². The molecule has 0 amide bonds. The number of hydrogen-bond donors (Lipinski definition) is 6. The van der Waals surface area contributed by atoms with E-state index in [1.807, 2.05) is 0 Å². The Bertz CT molecular complexity index is 1080. The van der Waals surface area contributed by atoms with Crippen molar-refractivity contribution in [2.24, 2.45) is 0 Å². The third-order valence-corrected chi connectivity index (χ3v) is 7.16. The van der Waals surface area contributed by atoms with Crippen molar-refractivity contribution in [1.29, 1.82) is 0 Å². The summed E-state index contributed by atoms with van der Waals surface area (Å²) in [5, 5.41) is 64.9. The van der Waals surface area contributed by atoms with Crippen LogP contribution in [0.1, 0.15) is 81.5 Å². The zero-order valence-corrected chi connectivity index (χ0v) is 22.9. The topological polar surface area (TPSA) is 121 Å². The molecule has 0 aliphatic heterocycles. The highest BCUT2D eigenvalue weighted by atomic mass is 19.1. The van der Waals surface area contributed by atoms with E-state index < -0.39 is 84.1 Å². The van der Waals surface area contributed by atoms with Gasteiger partial charge in [-0.1, -0.05) is 41.0 Å². The summed E-state index contributed by atoms with van der Waals surface area (Å²) < 4.78 is 58.8. The minimum atomic E-state index is -2.86. The van der Waals surface area contributed by atoms with Gasteiger partial charge in [-0.25, -0.2) is 17.6 Å². The van der Waals surface area contributed by atoms with Crippen LogP contribution in [0.3, 0.4) is 0 Å². The first kappa shape index (κ1) is 33.1. The number of hydrogen-bond acceptors (Lipinski definition) is 6. The molecule has 1 unspecified atom stereocenters. The van der Waals surface area contributed by atoms with E-state index in [1.54, 1.807) is 34.6 Å². The van der Waals surface area contributed by atoms with Crippen LogP contribution in [0.25, 0.3) is 0 Å². The molecule has 2 rings (SSSR count). The van der Waals surface area contributed by atoms with Crippen LogP contribution in [0, 0.1) is 23.3 Å². The monoisotopic (exact) mass is 560 g/mol. The molecule has 6 nitrogen and oxygen atoms in total. The Hall–Kier alpha value is -2.08. The third-order valence-electron chi connectivity index (χ3n) is 7.16. The minimum Gasteiger partial charge on any atom is -0.394 e. The van der Waals surface area contributed by atoms with Crippen LogP contribution in [0.2, 0.25) is 0 Å². The van der Waals surface area contributed by atoms with Gasteiger partial charge in [0.05, 0.1) is 12.2 Å². The summed E-state index contributed by atoms with van der Waals surface area (Å²) in [4.78, 5) is 0. The van der Waals surface area contributed by atoms with Gasteiger partial charge in [0.1, 0.15) is 47.2 Å². The molecule has 5 atom stereocenters. The van der Waals surface area contributed by atoms with Crippen molar-refractivity contribution in [2.75, 3.05) is 6.61 Å². The van der Waals surface area contributed by atoms with Crippen molar-refractivity contribution in [3.05, 3.63) is 69.8 Å². The zero-order chi connectivity index (χ0) is 29.9. The fourth-order valence-electron chi connectivity index (χ4n) is 5.28. The van der Waals surface area contributed by atoms with Crippen molar-refractivity contribution < 1.29 is 48.2 Å². The average Bonchev–Trinajstić information content (AvgIpc) is 2.81. The number of halogens is 4. The normalized spacial score (nSPS) is 17.7. The molecule has 0 heterocycles. The molecule has 0 aliphatic rings. The van der Waals surface area contributed by atoms with E-state index >= 15 is 0 Å². The standard InChI is InChI=1S/C29H40F4O6/c1-6-7-28(38,12-17-8-19(30)24(15(2)3)20(31)9-17)27(37)29(39,26(36)23(35)14-34)13-18-10-21(32)25(16(4)5)22(33)11-18/h8-11,15-16,23,26-27,34-39H,6-7,12-14H2,1-5H3/t23-,26+,27+,28?,29+/m0/s1. The maximum atomic E-state index is 14.7. The Kier molecular flexibility index (Phi) is 11.1. The molecule has 220 valence electrons. The van der Waals surface area contributed by atoms with Crippen LogP contribution in [0.5, 0.6) is 0 Å². The molecule has 0 spiro atoms. The average molecular weight is 561 g/mol. The smallest absolute Gasteiger partial charge is 0.129 e. The maximum absolute atomic E-state index is 14.7. The van der Waals surface area contributed by atoms with Gasteiger partial charge in [-0.15, -0.1) is 0 Å². The molecule has 2 aromatic rings. The summed E-state index contributed by atoms with van der Waals surface area (Å²) in [7, 11) is 0. The Morgan fingerprint density at radius 3 is 1.44 bits per heavy atom. The molecule has 2 aromatic carbocycles. The van der Waals surface area contributed by atoms with Crippen LogP contribution in [-0.4, -0.2) is 66.8 Å². The molecular formula is C29H40F4O6. The van der Waals surface area contributed by atoms with E-state index in [0.29, 0.717) is 0 Å².